The molecule has 0 aromatic heterocycles. The number of piperidine rings is 1. The van der Waals surface area contributed by atoms with Crippen molar-refractivity contribution < 1.29 is 14.6 Å². The molecule has 2 aromatic carbocycles. The summed E-state index contributed by atoms with van der Waals surface area (Å²) in [4.78, 5) is 16.2. The molecule has 8 nitrogen and oxygen atoms in total. The first-order chi connectivity index (χ1) is 17.9. The minimum atomic E-state index is -0.175. The fraction of sp³-hybridized carbons (Fsp3) is 0.517. The first-order valence-electron chi connectivity index (χ1n) is 13.7. The van der Waals surface area contributed by atoms with E-state index in [0.29, 0.717) is 29.8 Å². The second-order valence-electron chi connectivity index (χ2n) is 11.7. The van der Waals surface area contributed by atoms with E-state index in [4.69, 9.17) is 15.9 Å². The Hall–Kier alpha value is -3.26. The van der Waals surface area contributed by atoms with Crippen LogP contribution in [0.2, 0.25) is 0 Å². The van der Waals surface area contributed by atoms with Crippen LogP contribution in [0.4, 0.5) is 0 Å². The van der Waals surface area contributed by atoms with Crippen LogP contribution >= 0.6 is 0 Å². The number of phenols is 1. The van der Waals surface area contributed by atoms with E-state index in [-0.39, 0.29) is 35.2 Å². The van der Waals surface area contributed by atoms with Gasteiger partial charge in [-0.05, 0) is 86.2 Å². The molecule has 2 heterocycles. The van der Waals surface area contributed by atoms with E-state index in [2.05, 4.69) is 21.6 Å². The van der Waals surface area contributed by atoms with Crippen LogP contribution in [-0.4, -0.2) is 53.2 Å². The highest BCUT2D eigenvalue weighted by molar-refractivity contribution is 5.94. The summed E-state index contributed by atoms with van der Waals surface area (Å²) in [5, 5.41) is 24.3. The van der Waals surface area contributed by atoms with Crippen LogP contribution in [0.25, 0.3) is 0 Å². The zero-order valence-electron chi connectivity index (χ0n) is 21.0. The predicted octanol–water partition coefficient (Wildman–Crippen LogP) is 2.62. The van der Waals surface area contributed by atoms with Crippen LogP contribution in [0.5, 0.6) is 11.5 Å². The Balaban J connectivity index is 1.18. The van der Waals surface area contributed by atoms with Gasteiger partial charge in [0.05, 0.1) is 6.04 Å². The minimum Gasteiger partial charge on any atom is -0.504 e. The van der Waals surface area contributed by atoms with E-state index in [0.717, 1.165) is 43.7 Å². The Morgan fingerprint density at radius 3 is 2.89 bits per heavy atom. The summed E-state index contributed by atoms with van der Waals surface area (Å²) in [5.41, 5.74) is 9.28. The lowest BCUT2D eigenvalue weighted by molar-refractivity contribution is -0.0647. The maximum atomic E-state index is 13.4. The van der Waals surface area contributed by atoms with E-state index in [9.17, 15) is 9.90 Å². The number of aromatic hydroxyl groups is 1. The third-order valence-electron chi connectivity index (χ3n) is 9.61. The van der Waals surface area contributed by atoms with Gasteiger partial charge in [0, 0.05) is 35.7 Å². The number of amides is 1. The molecule has 2 aromatic rings. The van der Waals surface area contributed by atoms with Gasteiger partial charge < -0.3 is 26.2 Å². The van der Waals surface area contributed by atoms with Gasteiger partial charge in [-0.1, -0.05) is 18.2 Å². The maximum Gasteiger partial charge on any atom is 0.251 e. The number of hydrogen-bond donors (Lipinski definition) is 5. The molecule has 0 radical (unpaired) electrons. The van der Waals surface area contributed by atoms with Crippen molar-refractivity contribution >= 4 is 11.9 Å². The van der Waals surface area contributed by atoms with Gasteiger partial charge in [0.1, 0.15) is 6.10 Å². The number of hydrogen-bond acceptors (Lipinski definition) is 5. The molecule has 6 N–H and O–H groups in total. The van der Waals surface area contributed by atoms with E-state index in [1.807, 2.05) is 24.3 Å². The molecule has 8 heteroatoms. The highest BCUT2D eigenvalue weighted by Gasteiger charge is 2.66. The summed E-state index contributed by atoms with van der Waals surface area (Å²) < 4.78 is 6.65. The second kappa shape index (κ2) is 8.38. The first-order valence-corrected chi connectivity index (χ1v) is 13.7. The Kier molecular flexibility index (Phi) is 5.19. The Bertz CT molecular complexity index is 1280. The van der Waals surface area contributed by atoms with Gasteiger partial charge in [-0.2, -0.15) is 0 Å². The summed E-state index contributed by atoms with van der Waals surface area (Å²) >= 11 is 0. The van der Waals surface area contributed by atoms with Crippen molar-refractivity contribution in [2.45, 2.75) is 68.7 Å². The molecule has 4 unspecified atom stereocenters. The lowest BCUT2D eigenvalue weighted by atomic mass is 9.51. The quantitative estimate of drug-likeness (QED) is 0.306. The molecule has 5 aliphatic rings. The summed E-state index contributed by atoms with van der Waals surface area (Å²) in [6, 6.07) is 11.7. The van der Waals surface area contributed by atoms with E-state index < -0.39 is 0 Å². The lowest BCUT2D eigenvalue weighted by Gasteiger charge is -2.59. The SMILES string of the molecule is N=C(N)NCc1cccc(C(=O)N[C@@H]2CCC3C4Cc5ccc(O)c6c5C3(CCN4CC3CC3)C2O6)c1. The van der Waals surface area contributed by atoms with Crippen molar-refractivity contribution in [3.8, 4) is 11.5 Å². The largest absolute Gasteiger partial charge is 0.504 e. The number of ether oxygens (including phenoxy) is 1. The number of carbonyl (C=O) groups is 1. The average molecular weight is 502 g/mol. The number of guanidine groups is 1. The van der Waals surface area contributed by atoms with Gasteiger partial charge in [0.2, 0.25) is 0 Å². The minimum absolute atomic E-state index is 0.0968. The van der Waals surface area contributed by atoms with Crippen LogP contribution in [0, 0.1) is 17.2 Å². The van der Waals surface area contributed by atoms with E-state index in [1.165, 1.54) is 30.5 Å². The monoisotopic (exact) mass is 501 g/mol. The maximum absolute atomic E-state index is 13.4. The Morgan fingerprint density at radius 1 is 1.22 bits per heavy atom. The molecule has 37 heavy (non-hydrogen) atoms. The van der Waals surface area contributed by atoms with Crippen LogP contribution in [0.15, 0.2) is 36.4 Å². The summed E-state index contributed by atoms with van der Waals surface area (Å²) in [6.07, 6.45) is 6.49. The van der Waals surface area contributed by atoms with Crippen molar-refractivity contribution in [3.05, 3.63) is 58.7 Å². The van der Waals surface area contributed by atoms with Crippen molar-refractivity contribution in [3.63, 3.8) is 0 Å². The normalized spacial score (nSPS) is 31.2. The van der Waals surface area contributed by atoms with Crippen LogP contribution in [-0.2, 0) is 18.4 Å². The molecule has 1 saturated heterocycles. The van der Waals surface area contributed by atoms with E-state index >= 15 is 0 Å². The van der Waals surface area contributed by atoms with Gasteiger partial charge in [0.15, 0.2) is 17.5 Å². The van der Waals surface area contributed by atoms with E-state index in [1.54, 1.807) is 6.07 Å². The Morgan fingerprint density at radius 2 is 2.08 bits per heavy atom. The van der Waals surface area contributed by atoms with Crippen molar-refractivity contribution in [1.82, 2.24) is 15.5 Å². The highest BCUT2D eigenvalue weighted by atomic mass is 16.5. The van der Waals surface area contributed by atoms with Gasteiger partial charge >= 0.3 is 0 Å². The first kappa shape index (κ1) is 22.9. The number of nitrogens with two attached hydrogens (primary N) is 1. The van der Waals surface area contributed by atoms with Crippen molar-refractivity contribution in [2.75, 3.05) is 13.1 Å². The van der Waals surface area contributed by atoms with Crippen LogP contribution in [0.1, 0.15) is 59.2 Å². The third kappa shape index (κ3) is 3.60. The van der Waals surface area contributed by atoms with Gasteiger partial charge in [-0.3, -0.25) is 15.1 Å². The molecular weight excluding hydrogens is 466 g/mol. The summed E-state index contributed by atoms with van der Waals surface area (Å²) in [6.45, 7) is 2.66. The number of likely N-dealkylation sites (tertiary alicyclic amines) is 1. The smallest absolute Gasteiger partial charge is 0.251 e. The van der Waals surface area contributed by atoms with Gasteiger partial charge in [0.25, 0.3) is 5.91 Å². The summed E-state index contributed by atoms with van der Waals surface area (Å²) in [5.74, 6) is 2.00. The zero-order chi connectivity index (χ0) is 25.3. The molecule has 2 aliphatic heterocycles. The molecule has 194 valence electrons. The zero-order valence-corrected chi connectivity index (χ0v) is 21.0. The molecular formula is C29H35N5O3. The molecule has 5 atom stereocenters. The molecule has 2 bridgehead atoms. The highest BCUT2D eigenvalue weighted by Crippen LogP contribution is 2.64. The number of nitrogens with zero attached hydrogens (tertiary/aromatic N) is 1. The predicted molar refractivity (Wildman–Crippen MR) is 140 cm³/mol. The molecule has 1 amide bonds. The standard InChI is InChI=1S/C29H35N5O3/c30-28(31)32-14-17-2-1-3-19(12-17)27(36)33-21-8-7-20-22-13-18-6-9-23(35)25-24(18)29(20,26(21)37-25)10-11-34(22)15-16-4-5-16/h1-3,6,9,12,16,20-22,26,35H,4-5,7-8,10-11,13-15H2,(H,33,36)(H4,30,31,32)/t20?,21-,22?,26?,29?/m1/s1. The Labute approximate surface area is 217 Å². The topological polar surface area (TPSA) is 124 Å². The molecule has 7 rings (SSSR count). The number of carbonyl (C=O) groups excluding carboxylic acids is 1. The number of rotatable bonds is 6. The molecule has 2 saturated carbocycles. The molecule has 3 aliphatic carbocycles. The molecule has 3 fully saturated rings. The van der Waals surface area contributed by atoms with Crippen molar-refractivity contribution in [2.24, 2.45) is 17.6 Å². The number of nitrogens with one attached hydrogen (secondary N) is 3. The van der Waals surface area contributed by atoms with Gasteiger partial charge in [-0.15, -0.1) is 0 Å². The fourth-order valence-electron chi connectivity index (χ4n) is 7.90. The summed E-state index contributed by atoms with van der Waals surface area (Å²) in [7, 11) is 0. The third-order valence-corrected chi connectivity index (χ3v) is 9.61. The fourth-order valence-corrected chi connectivity index (χ4v) is 7.90. The van der Waals surface area contributed by atoms with Crippen LogP contribution < -0.4 is 21.1 Å². The average Bonchev–Trinajstić information content (AvgIpc) is 3.64. The van der Waals surface area contributed by atoms with Crippen molar-refractivity contribution in [1.29, 1.82) is 5.41 Å². The lowest BCUT2D eigenvalue weighted by Crippen LogP contribution is -2.69. The number of benzene rings is 2. The van der Waals surface area contributed by atoms with Gasteiger partial charge in [-0.25, -0.2) is 0 Å². The van der Waals surface area contributed by atoms with Crippen LogP contribution in [0.3, 0.4) is 0 Å². The molecule has 1 spiro atoms. The second-order valence-corrected chi connectivity index (χ2v) is 11.7. The number of phenolic OH excluding ortho intramolecular Hbond substituents is 1.